The monoisotopic (exact) mass is 1020 g/mol. The second kappa shape index (κ2) is 13.9. The van der Waals surface area contributed by atoms with E-state index in [4.69, 9.17) is 0 Å². The number of phenolic OH excluding ortho intramolecular Hbond substituents is 18. The molecular formula is C56H43NO18. The van der Waals surface area contributed by atoms with Gasteiger partial charge in [-0.2, -0.15) is 0 Å². The van der Waals surface area contributed by atoms with Gasteiger partial charge in [-0.15, -0.1) is 0 Å². The third-order valence-electron chi connectivity index (χ3n) is 15.9. The molecule has 380 valence electrons. The molecule has 75 heavy (non-hydrogen) atoms. The maximum Gasteiger partial charge on any atom is 0.204 e. The zero-order valence-electron chi connectivity index (χ0n) is 39.8. The predicted octanol–water partition coefficient (Wildman–Crippen LogP) is 9.12. The number of hydrogen-bond acceptors (Lipinski definition) is 19. The van der Waals surface area contributed by atoms with Gasteiger partial charge in [-0.3, -0.25) is 0 Å². The molecule has 8 aromatic rings. The fraction of sp³-hybridized carbons (Fsp3) is 0.143. The van der Waals surface area contributed by atoms with Crippen LogP contribution in [0.5, 0.6) is 103 Å². The molecule has 0 fully saturated rings. The molecule has 0 radical (unpaired) electrons. The van der Waals surface area contributed by atoms with E-state index in [0.29, 0.717) is 0 Å². The first-order valence-electron chi connectivity index (χ1n) is 23.0. The number of nitrogens with zero attached hydrogens (tertiary/aromatic N) is 1. The lowest BCUT2D eigenvalue weighted by Gasteiger charge is -2.34. The lowest BCUT2D eigenvalue weighted by atomic mass is 9.69. The van der Waals surface area contributed by atoms with Crippen LogP contribution in [0.25, 0.3) is 44.5 Å². The van der Waals surface area contributed by atoms with Crippen LogP contribution >= 0.6 is 0 Å². The van der Waals surface area contributed by atoms with E-state index in [9.17, 15) is 91.9 Å². The average Bonchev–Trinajstić information content (AvgIpc) is 4.16. The number of aryl methyl sites for hydroxylation is 1. The third-order valence-corrected chi connectivity index (χ3v) is 15.9. The average molecular weight is 1020 g/mol. The van der Waals surface area contributed by atoms with Gasteiger partial charge in [0.2, 0.25) is 17.2 Å². The summed E-state index contributed by atoms with van der Waals surface area (Å²) in [6, 6.07) is 11.6. The van der Waals surface area contributed by atoms with Crippen molar-refractivity contribution in [3.63, 3.8) is 0 Å². The smallest absolute Gasteiger partial charge is 0.204 e. The maximum atomic E-state index is 12.8. The summed E-state index contributed by atoms with van der Waals surface area (Å²) in [4.78, 5) is 1.11. The highest BCUT2D eigenvalue weighted by molar-refractivity contribution is 6.10. The van der Waals surface area contributed by atoms with Gasteiger partial charge in [0.1, 0.15) is 22.9 Å². The highest BCUT2D eigenvalue weighted by Crippen LogP contribution is 2.75. The van der Waals surface area contributed by atoms with Crippen LogP contribution in [-0.4, -0.2) is 91.9 Å². The summed E-state index contributed by atoms with van der Waals surface area (Å²) in [5.41, 5.74) is -8.83. The molecular weight excluding hydrogens is 975 g/mol. The Balaban J connectivity index is 1.31. The van der Waals surface area contributed by atoms with Crippen LogP contribution in [0.15, 0.2) is 60.7 Å². The molecule has 19 nitrogen and oxygen atoms in total. The van der Waals surface area contributed by atoms with E-state index < -0.39 is 153 Å². The summed E-state index contributed by atoms with van der Waals surface area (Å²) in [5.74, 6) is -15.7. The molecule has 0 saturated heterocycles. The minimum Gasteiger partial charge on any atom is -0.508 e. The Hall–Kier alpha value is -10.0. The zero-order chi connectivity index (χ0) is 54.1. The number of aromatic hydroxyl groups is 18. The van der Waals surface area contributed by atoms with E-state index in [2.05, 4.69) is 0 Å². The van der Waals surface area contributed by atoms with E-state index in [0.717, 1.165) is 35.2 Å². The van der Waals surface area contributed by atoms with E-state index >= 15 is 0 Å². The lowest BCUT2D eigenvalue weighted by Crippen LogP contribution is -2.26. The summed E-state index contributed by atoms with van der Waals surface area (Å²) in [7, 11) is 0. The Morgan fingerprint density at radius 3 is 1.53 bits per heavy atom. The van der Waals surface area contributed by atoms with Gasteiger partial charge in [0.25, 0.3) is 0 Å². The van der Waals surface area contributed by atoms with Gasteiger partial charge in [0.05, 0.1) is 16.8 Å². The highest BCUT2D eigenvalue weighted by Gasteiger charge is 2.60. The fourth-order valence-corrected chi connectivity index (χ4v) is 12.8. The van der Waals surface area contributed by atoms with Crippen molar-refractivity contribution in [2.45, 2.75) is 50.9 Å². The van der Waals surface area contributed by atoms with Gasteiger partial charge < -0.3 is 96.8 Å². The normalized spacial score (nSPS) is 16.2. The quantitative estimate of drug-likeness (QED) is 0.0579. The number of anilines is 3. The van der Waals surface area contributed by atoms with E-state index in [1.54, 1.807) is 27.7 Å². The number of benzene rings is 8. The molecule has 8 aromatic carbocycles. The molecule has 0 bridgehead atoms. The Morgan fingerprint density at radius 1 is 0.320 bits per heavy atom. The van der Waals surface area contributed by atoms with Gasteiger partial charge in [0, 0.05) is 72.5 Å². The first kappa shape index (κ1) is 46.1. The van der Waals surface area contributed by atoms with E-state index in [-0.39, 0.29) is 78.0 Å². The minimum absolute atomic E-state index is 0.00686. The van der Waals surface area contributed by atoms with Crippen molar-refractivity contribution in [3.05, 3.63) is 111 Å². The Morgan fingerprint density at radius 2 is 0.867 bits per heavy atom. The molecule has 4 aliphatic rings. The lowest BCUT2D eigenvalue weighted by molar-refractivity contribution is 0.343. The topological polar surface area (TPSA) is 367 Å². The maximum absolute atomic E-state index is 12.8. The molecule has 1 unspecified atom stereocenters. The second-order valence-corrected chi connectivity index (χ2v) is 20.4. The van der Waals surface area contributed by atoms with Crippen LogP contribution in [-0.2, 0) is 16.2 Å². The highest BCUT2D eigenvalue weighted by atomic mass is 16.4. The standard InChI is InChI=1S/C56H43NO18/c1-16-10-18-32-22(54(2,3)37(18)49(71)42(16)64)14-25(43(65)47(32)69)57(41-31-20-13-29(62)46(68)50(72)38(20)55(4,5)23(31)15-30(63)45(41)67)24-7-9-26(59)39-33(24)19-11-17(58)12-28(61)36(19)56(39)21-6-8-27(60)44(66)34(21)35-40(56)51(73)53(75)52(74)48(35)70/h6-15,58-75H,1-5H3. The largest absolute Gasteiger partial charge is 0.508 e. The summed E-state index contributed by atoms with van der Waals surface area (Å²) in [6.07, 6.45) is 0. The summed E-state index contributed by atoms with van der Waals surface area (Å²) < 4.78 is 0. The van der Waals surface area contributed by atoms with Crippen molar-refractivity contribution in [2.24, 2.45) is 0 Å². The number of rotatable bonds is 3. The second-order valence-electron chi connectivity index (χ2n) is 20.4. The summed E-state index contributed by atoms with van der Waals surface area (Å²) in [6.45, 7) is 8.01. The van der Waals surface area contributed by atoms with Crippen molar-refractivity contribution in [1.29, 1.82) is 0 Å². The first-order chi connectivity index (χ1) is 35.1. The number of hydrogen-bond donors (Lipinski definition) is 18. The van der Waals surface area contributed by atoms with Gasteiger partial charge in [-0.1, -0.05) is 33.8 Å². The number of phenols is 18. The van der Waals surface area contributed by atoms with Crippen molar-refractivity contribution >= 4 is 17.1 Å². The van der Waals surface area contributed by atoms with Crippen LogP contribution in [0.1, 0.15) is 77.8 Å². The molecule has 0 amide bonds. The Kier molecular flexibility index (Phi) is 8.55. The van der Waals surface area contributed by atoms with E-state index in [1.807, 2.05) is 0 Å². The van der Waals surface area contributed by atoms with Crippen LogP contribution in [0, 0.1) is 6.92 Å². The molecule has 12 rings (SSSR count). The van der Waals surface area contributed by atoms with Gasteiger partial charge >= 0.3 is 0 Å². The summed E-state index contributed by atoms with van der Waals surface area (Å²) >= 11 is 0. The molecule has 18 N–H and O–H groups in total. The van der Waals surface area contributed by atoms with Crippen LogP contribution < -0.4 is 4.90 Å². The van der Waals surface area contributed by atoms with Crippen LogP contribution in [0.4, 0.5) is 17.1 Å². The van der Waals surface area contributed by atoms with E-state index in [1.165, 1.54) is 37.3 Å². The molecule has 0 aliphatic heterocycles. The van der Waals surface area contributed by atoms with Crippen molar-refractivity contribution < 1.29 is 91.9 Å². The number of fused-ring (bicyclic) bond motifs is 16. The predicted molar refractivity (Wildman–Crippen MR) is 267 cm³/mol. The minimum atomic E-state index is -2.47. The van der Waals surface area contributed by atoms with Crippen LogP contribution in [0.3, 0.4) is 0 Å². The summed E-state index contributed by atoms with van der Waals surface area (Å²) in [5, 5.41) is 211. The molecule has 4 aliphatic carbocycles. The molecule has 0 heterocycles. The molecule has 0 aromatic heterocycles. The van der Waals surface area contributed by atoms with Crippen molar-refractivity contribution in [2.75, 3.05) is 4.90 Å². The zero-order valence-corrected chi connectivity index (χ0v) is 39.8. The first-order valence-corrected chi connectivity index (χ1v) is 23.0. The Bertz CT molecular complexity index is 4080. The van der Waals surface area contributed by atoms with Gasteiger partial charge in [-0.25, -0.2) is 0 Å². The molecule has 0 saturated carbocycles. The Labute approximate surface area is 422 Å². The SMILES string of the molecule is Cc1cc2c(c(O)c1O)C(C)(C)c1cc(N(c3ccc(O)c4c3-c3cc(O)cc(O)c3C43c4ccc(O)c(O)c4-c4c(O)c(O)c(O)c(O)c43)c3c(O)c(O)cc4c3-c3cc(O)c(O)c(O)c3C4(C)C)c(O)c(O)c1-2. The van der Waals surface area contributed by atoms with Crippen LogP contribution in [0.2, 0.25) is 0 Å². The fourth-order valence-electron chi connectivity index (χ4n) is 12.8. The molecule has 1 atom stereocenters. The third kappa shape index (κ3) is 5.08. The van der Waals surface area contributed by atoms with Crippen molar-refractivity contribution in [3.8, 4) is 148 Å². The van der Waals surface area contributed by atoms with Gasteiger partial charge in [0.15, 0.2) is 69.0 Å². The molecule has 19 heteroatoms. The molecule has 1 spiro atoms. The van der Waals surface area contributed by atoms with Crippen molar-refractivity contribution in [1.82, 2.24) is 0 Å². The van der Waals surface area contributed by atoms with Gasteiger partial charge in [-0.05, 0) is 94.4 Å².